The molecule has 2 saturated carbocycles. The van der Waals surface area contributed by atoms with E-state index in [-0.39, 0.29) is 39.8 Å². The minimum absolute atomic E-state index is 0.000777. The number of hydrogen-bond donors (Lipinski definition) is 2. The molecule has 206 valence electrons. The third-order valence-electron chi connectivity index (χ3n) is 11.7. The van der Waals surface area contributed by atoms with Gasteiger partial charge in [-0.2, -0.15) is 0 Å². The van der Waals surface area contributed by atoms with Crippen LogP contribution in [-0.4, -0.2) is 34.4 Å². The molecule has 8 atom stereocenters. The lowest BCUT2D eigenvalue weighted by Gasteiger charge is -2.61. The van der Waals surface area contributed by atoms with Gasteiger partial charge in [-0.1, -0.05) is 59.8 Å². The zero-order chi connectivity index (χ0) is 27.6. The molecule has 0 radical (unpaired) electrons. The minimum atomic E-state index is -0.859. The molecule has 0 spiro atoms. The number of carboxylic acids is 1. The Balaban J connectivity index is 1.73. The molecule has 0 saturated heterocycles. The maximum absolute atomic E-state index is 12.3. The highest BCUT2D eigenvalue weighted by molar-refractivity contribution is 5.85. The predicted octanol–water partition coefficient (Wildman–Crippen LogP) is 6.86. The number of aliphatic hydroxyl groups excluding tert-OH is 1. The molecule has 5 heteroatoms. The molecule has 2 N–H and O–H groups in total. The van der Waals surface area contributed by atoms with E-state index in [0.717, 1.165) is 44.9 Å². The minimum Gasteiger partial charge on any atom is -0.478 e. The molecule has 4 aliphatic carbocycles. The summed E-state index contributed by atoms with van der Waals surface area (Å²) in [4.78, 5) is 23.6. The Morgan fingerprint density at radius 2 is 1.81 bits per heavy atom. The van der Waals surface area contributed by atoms with Crippen LogP contribution >= 0.6 is 0 Å². The van der Waals surface area contributed by atoms with Crippen molar-refractivity contribution in [3.63, 3.8) is 0 Å². The predicted molar refractivity (Wildman–Crippen MR) is 146 cm³/mol. The van der Waals surface area contributed by atoms with Crippen LogP contribution in [0.15, 0.2) is 34.9 Å². The summed E-state index contributed by atoms with van der Waals surface area (Å²) in [6.45, 7) is 17.1. The number of carbonyl (C=O) groups excluding carboxylic acids is 1. The Morgan fingerprint density at radius 3 is 2.43 bits per heavy atom. The molecule has 0 aromatic carbocycles. The highest BCUT2D eigenvalue weighted by Gasteiger charge is 2.67. The Labute approximate surface area is 223 Å². The van der Waals surface area contributed by atoms with Gasteiger partial charge < -0.3 is 14.9 Å². The van der Waals surface area contributed by atoms with E-state index in [0.29, 0.717) is 23.3 Å². The lowest BCUT2D eigenvalue weighted by Crippen LogP contribution is -2.56. The number of esters is 1. The molecule has 4 aliphatic rings. The van der Waals surface area contributed by atoms with Gasteiger partial charge in [0.15, 0.2) is 0 Å². The first-order chi connectivity index (χ1) is 17.1. The zero-order valence-electron chi connectivity index (χ0n) is 24.2. The quantitative estimate of drug-likeness (QED) is 0.300. The first-order valence-electron chi connectivity index (χ1n) is 14.3. The van der Waals surface area contributed by atoms with Gasteiger partial charge in [-0.3, -0.25) is 4.79 Å². The van der Waals surface area contributed by atoms with Crippen LogP contribution in [0.25, 0.3) is 0 Å². The van der Waals surface area contributed by atoms with Crippen molar-refractivity contribution in [2.24, 2.45) is 39.4 Å². The largest absolute Gasteiger partial charge is 0.478 e. The molecule has 0 amide bonds. The summed E-state index contributed by atoms with van der Waals surface area (Å²) in [5.41, 5.74) is 2.68. The summed E-state index contributed by atoms with van der Waals surface area (Å²) >= 11 is 0. The van der Waals surface area contributed by atoms with Crippen LogP contribution in [0.1, 0.15) is 100 Å². The molecule has 0 heterocycles. The number of aliphatic hydroxyl groups is 1. The number of fused-ring (bicyclic) bond motifs is 5. The molecule has 4 rings (SSSR count). The van der Waals surface area contributed by atoms with Gasteiger partial charge in [0, 0.05) is 17.9 Å². The third-order valence-corrected chi connectivity index (χ3v) is 11.7. The fraction of sp³-hybridized carbons (Fsp3) is 0.750. The van der Waals surface area contributed by atoms with Gasteiger partial charge in [-0.05, 0) is 97.0 Å². The number of hydrogen-bond acceptors (Lipinski definition) is 4. The molecular weight excluding hydrogens is 464 g/mol. The van der Waals surface area contributed by atoms with E-state index >= 15 is 0 Å². The normalized spacial score (nSPS) is 41.5. The molecule has 37 heavy (non-hydrogen) atoms. The molecule has 0 aromatic heterocycles. The first-order valence-corrected chi connectivity index (χ1v) is 14.3. The molecule has 0 aliphatic heterocycles. The number of carbonyl (C=O) groups is 2. The van der Waals surface area contributed by atoms with Crippen LogP contribution in [-0.2, 0) is 14.3 Å². The van der Waals surface area contributed by atoms with Crippen LogP contribution < -0.4 is 0 Å². The Morgan fingerprint density at radius 1 is 1.14 bits per heavy atom. The van der Waals surface area contributed by atoms with Gasteiger partial charge in [0.25, 0.3) is 0 Å². The Hall–Kier alpha value is -1.88. The van der Waals surface area contributed by atoms with Crippen molar-refractivity contribution in [3.8, 4) is 0 Å². The van der Waals surface area contributed by atoms with Crippen LogP contribution in [0.2, 0.25) is 0 Å². The van der Waals surface area contributed by atoms with E-state index in [1.807, 2.05) is 6.08 Å². The summed E-state index contributed by atoms with van der Waals surface area (Å²) in [7, 11) is 0. The fourth-order valence-corrected chi connectivity index (χ4v) is 9.13. The fourth-order valence-electron chi connectivity index (χ4n) is 9.13. The highest BCUT2D eigenvalue weighted by atomic mass is 16.5. The average Bonchev–Trinajstić information content (AvgIpc) is 3.03. The smallest absolute Gasteiger partial charge is 0.330 e. The lowest BCUT2D eigenvalue weighted by molar-refractivity contribution is -0.152. The SMILES string of the molecule is CC(=O)O[C@H]1CC([C@H](C)CCC=C(C)C(=O)O)[C@@]2(C)CC=C3C(=CC[C@H]4C(C)(C)[C@@H](O)CC[C@]34C)[C@]12C. The van der Waals surface area contributed by atoms with Crippen molar-refractivity contribution in [1.82, 2.24) is 0 Å². The van der Waals surface area contributed by atoms with Crippen molar-refractivity contribution >= 4 is 11.9 Å². The number of ether oxygens (including phenoxy) is 1. The second-order valence-corrected chi connectivity index (χ2v) is 13.8. The van der Waals surface area contributed by atoms with E-state index in [9.17, 15) is 19.8 Å². The summed E-state index contributed by atoms with van der Waals surface area (Å²) in [5.74, 6) is 0.0188. The Kier molecular flexibility index (Phi) is 7.14. The highest BCUT2D eigenvalue weighted by Crippen LogP contribution is 2.72. The van der Waals surface area contributed by atoms with E-state index in [1.54, 1.807) is 6.92 Å². The van der Waals surface area contributed by atoms with Crippen molar-refractivity contribution in [2.75, 3.05) is 0 Å². The second-order valence-electron chi connectivity index (χ2n) is 13.8. The number of rotatable bonds is 6. The van der Waals surface area contributed by atoms with Crippen molar-refractivity contribution < 1.29 is 24.5 Å². The van der Waals surface area contributed by atoms with Crippen molar-refractivity contribution in [2.45, 2.75) is 113 Å². The van der Waals surface area contributed by atoms with Gasteiger partial charge in [0.05, 0.1) is 6.10 Å². The van der Waals surface area contributed by atoms with Crippen molar-refractivity contribution in [3.05, 3.63) is 34.9 Å². The number of carboxylic acid groups (broad SMARTS) is 1. The molecule has 5 nitrogen and oxygen atoms in total. The average molecular weight is 513 g/mol. The molecule has 1 unspecified atom stereocenters. The van der Waals surface area contributed by atoms with Gasteiger partial charge in [-0.25, -0.2) is 4.79 Å². The molecular formula is C32H48O5. The van der Waals surface area contributed by atoms with E-state index < -0.39 is 5.97 Å². The van der Waals surface area contributed by atoms with Crippen LogP contribution in [0.4, 0.5) is 0 Å². The maximum atomic E-state index is 12.3. The van der Waals surface area contributed by atoms with E-state index in [4.69, 9.17) is 4.74 Å². The molecule has 2 fully saturated rings. The number of aliphatic carboxylic acids is 1. The van der Waals surface area contributed by atoms with E-state index in [1.165, 1.54) is 18.1 Å². The topological polar surface area (TPSA) is 83.8 Å². The summed E-state index contributed by atoms with van der Waals surface area (Å²) in [6.07, 6.45) is 12.4. The standard InChI is InChI=1S/C32H48O5/c1-19(10-9-11-20(2)28(35)36)24-18-27(37-21(3)33)32(8)23-12-13-25-29(4,5)26(34)15-16-30(25,6)22(23)14-17-31(24,32)7/h11-12,14,19,24-27,34H,9-10,13,15-18H2,1-8H3,(H,35,36)/t19-,24?,25+,26+,27+,30-,31-,32-/m1/s1. The zero-order valence-corrected chi connectivity index (χ0v) is 24.2. The van der Waals surface area contributed by atoms with Gasteiger partial charge in [0.1, 0.15) is 6.10 Å². The maximum Gasteiger partial charge on any atom is 0.330 e. The monoisotopic (exact) mass is 512 g/mol. The van der Waals surface area contributed by atoms with Gasteiger partial charge >= 0.3 is 11.9 Å². The second kappa shape index (κ2) is 9.39. The van der Waals surface area contributed by atoms with Gasteiger partial charge in [-0.15, -0.1) is 0 Å². The van der Waals surface area contributed by atoms with Crippen LogP contribution in [0.3, 0.4) is 0 Å². The van der Waals surface area contributed by atoms with Crippen LogP contribution in [0.5, 0.6) is 0 Å². The van der Waals surface area contributed by atoms with Gasteiger partial charge in [0.2, 0.25) is 0 Å². The summed E-state index contributed by atoms with van der Waals surface area (Å²) in [5, 5.41) is 20.1. The first kappa shape index (κ1) is 28.1. The lowest BCUT2D eigenvalue weighted by atomic mass is 9.44. The van der Waals surface area contributed by atoms with Crippen molar-refractivity contribution in [1.29, 1.82) is 0 Å². The van der Waals surface area contributed by atoms with E-state index in [2.05, 4.69) is 53.7 Å². The molecule has 0 aromatic rings. The van der Waals surface area contributed by atoms with Crippen LogP contribution in [0, 0.1) is 39.4 Å². The summed E-state index contributed by atoms with van der Waals surface area (Å²) in [6, 6.07) is 0. The molecule has 0 bridgehead atoms. The number of allylic oxidation sites excluding steroid dienone is 4. The Bertz CT molecular complexity index is 1050. The third kappa shape index (κ3) is 4.15. The summed E-state index contributed by atoms with van der Waals surface area (Å²) < 4.78 is 6.14.